The van der Waals surface area contributed by atoms with E-state index in [1.165, 1.54) is 0 Å². The van der Waals surface area contributed by atoms with Gasteiger partial charge < -0.3 is 20.5 Å². The predicted octanol–water partition coefficient (Wildman–Crippen LogP) is 4.13. The monoisotopic (exact) mass is 604 g/mol. The summed E-state index contributed by atoms with van der Waals surface area (Å²) in [5.74, 6) is -0.810. The van der Waals surface area contributed by atoms with Crippen LogP contribution in [0.15, 0.2) is 35.4 Å². The first-order chi connectivity index (χ1) is 19.5. The molecule has 0 spiro atoms. The Morgan fingerprint density at radius 1 is 1.07 bits per heavy atom. The molecule has 16 heteroatoms. The van der Waals surface area contributed by atoms with Gasteiger partial charge in [0.1, 0.15) is 18.6 Å². The van der Waals surface area contributed by atoms with Crippen molar-refractivity contribution in [2.75, 3.05) is 11.9 Å². The molecule has 230 valence electrons. The number of anilines is 2. The number of hydrogen-bond acceptors (Lipinski definition) is 7. The molecule has 1 aromatic carbocycles. The summed E-state index contributed by atoms with van der Waals surface area (Å²) in [7, 11) is 0. The molecule has 3 aromatic rings. The number of hydrogen-bond donors (Lipinski definition) is 3. The van der Waals surface area contributed by atoms with Crippen LogP contribution < -0.4 is 16.2 Å². The highest BCUT2D eigenvalue weighted by Crippen LogP contribution is 2.31. The minimum absolute atomic E-state index is 0.0573. The standard InChI is InChI=1S/C26H30F6N6O4/c1-24(2,41)13-42-18-9-7-16(8-10-18)34-19(39)11-37-14-33-20-21(23(37)40)38(12-25(27,28)29)36-22(20)35-17-5-3-15(4-6-17)26(30,31)32/h3-6,14,16,18,41H,7-13H2,1-2H3,(H,34,39)(H,35,36)/t16-,18-. The minimum Gasteiger partial charge on any atom is -0.388 e. The van der Waals surface area contributed by atoms with Crippen molar-refractivity contribution < 1.29 is 41.0 Å². The molecule has 0 bridgehead atoms. The number of carbonyl (C=O) groups excluding carboxylic acids is 1. The third-order valence-electron chi connectivity index (χ3n) is 6.55. The number of aliphatic hydroxyl groups is 1. The number of benzene rings is 1. The van der Waals surface area contributed by atoms with Crippen LogP contribution in [0.3, 0.4) is 0 Å². The van der Waals surface area contributed by atoms with Crippen molar-refractivity contribution in [3.63, 3.8) is 0 Å². The Bertz CT molecular complexity index is 1450. The number of carbonyl (C=O) groups is 1. The van der Waals surface area contributed by atoms with E-state index in [2.05, 4.69) is 20.7 Å². The van der Waals surface area contributed by atoms with Crippen LogP contribution in [-0.2, 0) is 28.8 Å². The van der Waals surface area contributed by atoms with Crippen molar-refractivity contribution >= 4 is 28.4 Å². The van der Waals surface area contributed by atoms with E-state index in [4.69, 9.17) is 4.74 Å². The second kappa shape index (κ2) is 11.9. The number of nitrogens with zero attached hydrogens (tertiary/aromatic N) is 4. The van der Waals surface area contributed by atoms with Crippen LogP contribution in [-0.4, -0.2) is 60.9 Å². The molecule has 2 aromatic heterocycles. The number of nitrogens with one attached hydrogen (secondary N) is 2. The van der Waals surface area contributed by atoms with E-state index in [-0.39, 0.29) is 35.8 Å². The molecule has 4 rings (SSSR count). The molecular weight excluding hydrogens is 574 g/mol. The number of ether oxygens (including phenoxy) is 1. The van der Waals surface area contributed by atoms with Crippen LogP contribution in [0, 0.1) is 0 Å². The zero-order valence-electron chi connectivity index (χ0n) is 22.7. The molecule has 10 nitrogen and oxygen atoms in total. The molecule has 42 heavy (non-hydrogen) atoms. The van der Waals surface area contributed by atoms with Gasteiger partial charge in [0.25, 0.3) is 5.56 Å². The average Bonchev–Trinajstić information content (AvgIpc) is 3.20. The van der Waals surface area contributed by atoms with Crippen LogP contribution in [0.25, 0.3) is 11.0 Å². The summed E-state index contributed by atoms with van der Waals surface area (Å²) < 4.78 is 85.5. The van der Waals surface area contributed by atoms with E-state index in [1.54, 1.807) is 13.8 Å². The molecule has 0 atom stereocenters. The number of rotatable bonds is 9. The lowest BCUT2D eigenvalue weighted by molar-refractivity contribution is -0.142. The summed E-state index contributed by atoms with van der Waals surface area (Å²) in [5, 5.41) is 19.0. The highest BCUT2D eigenvalue weighted by molar-refractivity contribution is 5.88. The molecule has 0 saturated heterocycles. The number of halogens is 6. The highest BCUT2D eigenvalue weighted by atomic mass is 19.4. The first kappa shape index (κ1) is 31.3. The molecule has 3 N–H and O–H groups in total. The largest absolute Gasteiger partial charge is 0.416 e. The molecule has 0 aliphatic heterocycles. The van der Waals surface area contributed by atoms with Gasteiger partial charge in [0.2, 0.25) is 5.91 Å². The van der Waals surface area contributed by atoms with Crippen LogP contribution in [0.4, 0.5) is 37.8 Å². The second-order valence-corrected chi connectivity index (χ2v) is 10.9. The summed E-state index contributed by atoms with van der Waals surface area (Å²) in [6, 6.07) is 3.51. The fraction of sp³-hybridized carbons (Fsp3) is 0.538. The molecule has 0 unspecified atom stereocenters. The van der Waals surface area contributed by atoms with Gasteiger partial charge in [0.15, 0.2) is 11.3 Å². The smallest absolute Gasteiger partial charge is 0.388 e. The highest BCUT2D eigenvalue weighted by Gasteiger charge is 2.32. The molecule has 1 amide bonds. The van der Waals surface area contributed by atoms with Crippen molar-refractivity contribution in [2.45, 2.75) is 82.7 Å². The van der Waals surface area contributed by atoms with Gasteiger partial charge >= 0.3 is 12.4 Å². The average molecular weight is 605 g/mol. The number of aromatic nitrogens is 4. The van der Waals surface area contributed by atoms with Gasteiger partial charge in [-0.3, -0.25) is 14.2 Å². The zero-order chi connectivity index (χ0) is 30.9. The fourth-order valence-electron chi connectivity index (χ4n) is 4.59. The van der Waals surface area contributed by atoms with Gasteiger partial charge in [-0.05, 0) is 63.8 Å². The van der Waals surface area contributed by atoms with E-state index in [1.807, 2.05) is 0 Å². The van der Waals surface area contributed by atoms with Crippen LogP contribution in [0.1, 0.15) is 45.1 Å². The Hall–Kier alpha value is -3.66. The fourth-order valence-corrected chi connectivity index (χ4v) is 4.59. The quantitative estimate of drug-likeness (QED) is 0.314. The summed E-state index contributed by atoms with van der Waals surface area (Å²) >= 11 is 0. The third-order valence-corrected chi connectivity index (χ3v) is 6.55. The topological polar surface area (TPSA) is 123 Å². The molecule has 2 heterocycles. The van der Waals surface area contributed by atoms with Gasteiger partial charge in [-0.2, -0.15) is 31.4 Å². The first-order valence-corrected chi connectivity index (χ1v) is 13.1. The predicted molar refractivity (Wildman–Crippen MR) is 139 cm³/mol. The van der Waals surface area contributed by atoms with Gasteiger partial charge in [-0.1, -0.05) is 0 Å². The van der Waals surface area contributed by atoms with Crippen LogP contribution in [0.2, 0.25) is 0 Å². The summed E-state index contributed by atoms with van der Waals surface area (Å²) in [6.45, 7) is 1.32. The van der Waals surface area contributed by atoms with E-state index in [9.17, 15) is 41.0 Å². The SMILES string of the molecule is CC(C)(O)CO[C@H]1CC[C@H](NC(=O)Cn2cnc3c(Nc4ccc(C(F)(F)F)cc4)nn(CC(F)(F)F)c3c2=O)CC1. The lowest BCUT2D eigenvalue weighted by atomic mass is 9.93. The molecule has 1 aliphatic rings. The third kappa shape index (κ3) is 8.21. The second-order valence-electron chi connectivity index (χ2n) is 10.9. The Labute approximate surface area is 235 Å². The summed E-state index contributed by atoms with van der Waals surface area (Å²) in [4.78, 5) is 30.0. The van der Waals surface area contributed by atoms with E-state index >= 15 is 0 Å². The maximum Gasteiger partial charge on any atom is 0.416 e. The lowest BCUT2D eigenvalue weighted by Crippen LogP contribution is -2.42. The van der Waals surface area contributed by atoms with Crippen molar-refractivity contribution in [1.82, 2.24) is 24.6 Å². The molecule has 1 aliphatic carbocycles. The van der Waals surface area contributed by atoms with Gasteiger partial charge in [0.05, 0.1) is 30.2 Å². The Kier molecular flexibility index (Phi) is 8.87. The molecule has 0 radical (unpaired) electrons. The number of alkyl halides is 6. The minimum atomic E-state index is -4.76. The normalized spacial score (nSPS) is 18.3. The maximum atomic E-state index is 13.3. The van der Waals surface area contributed by atoms with Crippen LogP contribution in [0.5, 0.6) is 0 Å². The Balaban J connectivity index is 1.49. The lowest BCUT2D eigenvalue weighted by Gasteiger charge is -2.30. The van der Waals surface area contributed by atoms with E-state index in [0.29, 0.717) is 30.4 Å². The first-order valence-electron chi connectivity index (χ1n) is 13.1. The Morgan fingerprint density at radius 2 is 1.71 bits per heavy atom. The van der Waals surface area contributed by atoms with Crippen molar-refractivity contribution in [3.05, 3.63) is 46.5 Å². The molecule has 1 fully saturated rings. The Morgan fingerprint density at radius 3 is 2.29 bits per heavy atom. The summed E-state index contributed by atoms with van der Waals surface area (Å²) in [6.07, 6.45) is -5.88. The molecular formula is C26H30F6N6O4. The van der Waals surface area contributed by atoms with E-state index in [0.717, 1.165) is 35.2 Å². The maximum absolute atomic E-state index is 13.3. The van der Waals surface area contributed by atoms with Gasteiger partial charge in [-0.25, -0.2) is 9.67 Å². The van der Waals surface area contributed by atoms with Crippen molar-refractivity contribution in [2.24, 2.45) is 0 Å². The number of amides is 1. The van der Waals surface area contributed by atoms with Crippen molar-refractivity contribution in [3.8, 4) is 0 Å². The molecule has 1 saturated carbocycles. The van der Waals surface area contributed by atoms with Gasteiger partial charge in [0, 0.05) is 11.7 Å². The number of fused-ring (bicyclic) bond motifs is 1. The summed E-state index contributed by atoms with van der Waals surface area (Å²) in [5.41, 5.74) is -3.52. The van der Waals surface area contributed by atoms with E-state index < -0.39 is 53.6 Å². The van der Waals surface area contributed by atoms with Gasteiger partial charge in [-0.15, -0.1) is 0 Å². The van der Waals surface area contributed by atoms with Crippen molar-refractivity contribution in [1.29, 1.82) is 0 Å². The zero-order valence-corrected chi connectivity index (χ0v) is 22.7. The van der Waals surface area contributed by atoms with Crippen LogP contribution >= 0.6 is 0 Å².